The molecule has 34 heavy (non-hydrogen) atoms. The number of benzene rings is 3. The predicted octanol–water partition coefficient (Wildman–Crippen LogP) is 4.72. The minimum absolute atomic E-state index is 0.00140. The van der Waals surface area contributed by atoms with Gasteiger partial charge in [0.25, 0.3) is 0 Å². The molecule has 0 saturated carbocycles. The number of rotatable bonds is 6. The number of carbonyl (C=O) groups excluding carboxylic acids is 2. The highest BCUT2D eigenvalue weighted by molar-refractivity contribution is 5.96. The quantitative estimate of drug-likeness (QED) is 0.457. The maximum Gasteiger partial charge on any atom is 0.247 e. The molecule has 2 amide bonds. The fourth-order valence-electron chi connectivity index (χ4n) is 4.58. The molecule has 172 valence electrons. The van der Waals surface area contributed by atoms with E-state index in [0.29, 0.717) is 18.0 Å². The van der Waals surface area contributed by atoms with Crippen LogP contribution in [0.25, 0.3) is 11.0 Å². The molecule has 1 aromatic heterocycles. The van der Waals surface area contributed by atoms with Crippen molar-refractivity contribution in [2.45, 2.75) is 32.0 Å². The Labute approximate surface area is 198 Å². The standard InChI is InChI=1S/C27H26N4O3/c1-18-26-29-22-13-6-7-14-23(22)31(26)24(27(33)30(18)17-19-9-4-3-5-10-19)16-25(32)28-20-11-8-12-21(15-20)34-2/h3-15,18,24H,16-17H2,1-2H3,(H,28,32)/t18-,24+/m1/s1. The molecule has 0 spiro atoms. The maximum absolute atomic E-state index is 13.8. The van der Waals surface area contributed by atoms with Gasteiger partial charge in [0.1, 0.15) is 17.6 Å². The van der Waals surface area contributed by atoms with Gasteiger partial charge in [-0.1, -0.05) is 48.5 Å². The summed E-state index contributed by atoms with van der Waals surface area (Å²) in [5.41, 5.74) is 3.33. The summed E-state index contributed by atoms with van der Waals surface area (Å²) in [7, 11) is 1.58. The average molecular weight is 455 g/mol. The number of ether oxygens (including phenoxy) is 1. The van der Waals surface area contributed by atoms with Crippen molar-refractivity contribution in [2.75, 3.05) is 12.4 Å². The minimum Gasteiger partial charge on any atom is -0.497 e. The van der Waals surface area contributed by atoms with Gasteiger partial charge in [-0.3, -0.25) is 9.59 Å². The van der Waals surface area contributed by atoms with Crippen LogP contribution in [0, 0.1) is 0 Å². The summed E-state index contributed by atoms with van der Waals surface area (Å²) in [4.78, 5) is 33.6. The van der Waals surface area contributed by atoms with Gasteiger partial charge in [0.05, 0.1) is 30.6 Å². The third-order valence-electron chi connectivity index (χ3n) is 6.27. The van der Waals surface area contributed by atoms with E-state index in [1.807, 2.05) is 83.1 Å². The number of fused-ring (bicyclic) bond motifs is 3. The smallest absolute Gasteiger partial charge is 0.247 e. The molecule has 0 aliphatic carbocycles. The van der Waals surface area contributed by atoms with Crippen LogP contribution >= 0.6 is 0 Å². The van der Waals surface area contributed by atoms with Crippen LogP contribution in [0.1, 0.15) is 36.8 Å². The first-order valence-corrected chi connectivity index (χ1v) is 11.3. The lowest BCUT2D eigenvalue weighted by Gasteiger charge is -2.38. The van der Waals surface area contributed by atoms with Gasteiger partial charge >= 0.3 is 0 Å². The molecule has 2 atom stereocenters. The SMILES string of the molecule is COc1cccc(NC(=O)C[C@H]2C(=O)N(Cc3ccccc3)[C@H](C)c3nc4ccccc4n32)c1. The van der Waals surface area contributed by atoms with Crippen molar-refractivity contribution in [1.29, 1.82) is 0 Å². The first kappa shape index (κ1) is 21.7. The van der Waals surface area contributed by atoms with E-state index in [0.717, 1.165) is 22.4 Å². The Bertz CT molecular complexity index is 1350. The van der Waals surface area contributed by atoms with Crippen LogP contribution in [-0.2, 0) is 16.1 Å². The van der Waals surface area contributed by atoms with E-state index in [4.69, 9.17) is 9.72 Å². The monoisotopic (exact) mass is 454 g/mol. The van der Waals surface area contributed by atoms with Gasteiger partial charge in [0, 0.05) is 18.3 Å². The number of hydrogen-bond acceptors (Lipinski definition) is 4. The van der Waals surface area contributed by atoms with Crippen molar-refractivity contribution in [3.63, 3.8) is 0 Å². The van der Waals surface area contributed by atoms with Crippen LogP contribution in [0.3, 0.4) is 0 Å². The summed E-state index contributed by atoms with van der Waals surface area (Å²) >= 11 is 0. The Morgan fingerprint density at radius 3 is 2.59 bits per heavy atom. The topological polar surface area (TPSA) is 76.5 Å². The molecule has 4 aromatic rings. The summed E-state index contributed by atoms with van der Waals surface area (Å²) in [5.74, 6) is 1.10. The first-order chi connectivity index (χ1) is 16.5. The first-order valence-electron chi connectivity index (χ1n) is 11.3. The molecule has 0 saturated heterocycles. The predicted molar refractivity (Wildman–Crippen MR) is 130 cm³/mol. The van der Waals surface area contributed by atoms with Crippen LogP contribution in [-0.4, -0.2) is 33.4 Å². The van der Waals surface area contributed by atoms with Crippen LogP contribution in [0.2, 0.25) is 0 Å². The van der Waals surface area contributed by atoms with Crippen molar-refractivity contribution < 1.29 is 14.3 Å². The van der Waals surface area contributed by atoms with Crippen LogP contribution in [0.4, 0.5) is 5.69 Å². The number of methoxy groups -OCH3 is 1. The molecule has 1 aliphatic heterocycles. The third-order valence-corrected chi connectivity index (χ3v) is 6.27. The number of nitrogens with one attached hydrogen (secondary N) is 1. The van der Waals surface area contributed by atoms with E-state index < -0.39 is 6.04 Å². The summed E-state index contributed by atoms with van der Waals surface area (Å²) in [5, 5.41) is 2.91. The minimum atomic E-state index is -0.687. The lowest BCUT2D eigenvalue weighted by atomic mass is 10.0. The largest absolute Gasteiger partial charge is 0.497 e. The fraction of sp³-hybridized carbons (Fsp3) is 0.222. The second-order valence-corrected chi connectivity index (χ2v) is 8.46. The van der Waals surface area contributed by atoms with Crippen molar-refractivity contribution in [1.82, 2.24) is 14.5 Å². The molecule has 1 aliphatic rings. The zero-order valence-corrected chi connectivity index (χ0v) is 19.1. The molecule has 1 N–H and O–H groups in total. The third kappa shape index (κ3) is 4.01. The van der Waals surface area contributed by atoms with Gasteiger partial charge in [-0.25, -0.2) is 4.98 Å². The summed E-state index contributed by atoms with van der Waals surface area (Å²) < 4.78 is 7.19. The molecule has 7 heteroatoms. The molecule has 7 nitrogen and oxygen atoms in total. The Morgan fingerprint density at radius 2 is 1.79 bits per heavy atom. The molecule has 0 unspecified atom stereocenters. The number of aromatic nitrogens is 2. The lowest BCUT2D eigenvalue weighted by molar-refractivity contribution is -0.142. The number of carbonyl (C=O) groups is 2. The van der Waals surface area contributed by atoms with Gasteiger partial charge in [0.2, 0.25) is 11.8 Å². The normalized spacial score (nSPS) is 17.5. The number of imidazole rings is 1. The lowest BCUT2D eigenvalue weighted by Crippen LogP contribution is -2.45. The van der Waals surface area contributed by atoms with Crippen molar-refractivity contribution in [3.05, 3.63) is 90.3 Å². The molecule has 0 fully saturated rings. The van der Waals surface area contributed by atoms with Crippen LogP contribution in [0.15, 0.2) is 78.9 Å². The molecule has 3 aromatic carbocycles. The van der Waals surface area contributed by atoms with Gasteiger partial charge in [-0.05, 0) is 36.8 Å². The van der Waals surface area contributed by atoms with E-state index in [2.05, 4.69) is 5.32 Å². The van der Waals surface area contributed by atoms with Crippen LogP contribution < -0.4 is 10.1 Å². The van der Waals surface area contributed by atoms with Gasteiger partial charge in [-0.2, -0.15) is 0 Å². The van der Waals surface area contributed by atoms with E-state index >= 15 is 0 Å². The second-order valence-electron chi connectivity index (χ2n) is 8.46. The Hall–Kier alpha value is -4.13. The zero-order chi connectivity index (χ0) is 23.7. The molecule has 2 heterocycles. The number of amides is 2. The Balaban J connectivity index is 1.49. The Kier molecular flexibility index (Phi) is 5.76. The highest BCUT2D eigenvalue weighted by Gasteiger charge is 2.40. The van der Waals surface area contributed by atoms with E-state index in [1.54, 1.807) is 19.2 Å². The van der Waals surface area contributed by atoms with Crippen molar-refractivity contribution >= 4 is 28.5 Å². The van der Waals surface area contributed by atoms with Crippen molar-refractivity contribution in [3.8, 4) is 5.75 Å². The molecule has 5 rings (SSSR count). The molecular formula is C27H26N4O3. The molecular weight excluding hydrogens is 428 g/mol. The summed E-state index contributed by atoms with van der Waals surface area (Å²) in [6.45, 7) is 2.45. The zero-order valence-electron chi connectivity index (χ0n) is 19.1. The van der Waals surface area contributed by atoms with E-state index in [9.17, 15) is 9.59 Å². The highest BCUT2D eigenvalue weighted by atomic mass is 16.5. The van der Waals surface area contributed by atoms with Gasteiger partial charge < -0.3 is 19.5 Å². The van der Waals surface area contributed by atoms with Crippen LogP contribution in [0.5, 0.6) is 5.75 Å². The highest BCUT2D eigenvalue weighted by Crippen LogP contribution is 2.37. The number of para-hydroxylation sites is 2. The average Bonchev–Trinajstić information content (AvgIpc) is 3.25. The molecule has 0 radical (unpaired) electrons. The van der Waals surface area contributed by atoms with Crippen molar-refractivity contribution in [2.24, 2.45) is 0 Å². The summed E-state index contributed by atoms with van der Waals surface area (Å²) in [6.07, 6.45) is 0.00140. The second kappa shape index (κ2) is 9.02. The molecule has 0 bridgehead atoms. The number of anilines is 1. The van der Waals surface area contributed by atoms with E-state index in [1.165, 1.54) is 0 Å². The van der Waals surface area contributed by atoms with Gasteiger partial charge in [-0.15, -0.1) is 0 Å². The number of nitrogens with zero attached hydrogens (tertiary/aromatic N) is 3. The fourth-order valence-corrected chi connectivity index (χ4v) is 4.58. The van der Waals surface area contributed by atoms with E-state index in [-0.39, 0.29) is 24.3 Å². The maximum atomic E-state index is 13.8. The Morgan fingerprint density at radius 1 is 1.03 bits per heavy atom. The van der Waals surface area contributed by atoms with Gasteiger partial charge in [0.15, 0.2) is 0 Å². The number of hydrogen-bond donors (Lipinski definition) is 1. The summed E-state index contributed by atoms with van der Waals surface area (Å²) in [6, 6.07) is 23.9.